The number of hydrogen-bond acceptors (Lipinski definition) is 4. The van der Waals surface area contributed by atoms with E-state index in [9.17, 15) is 18.0 Å². The summed E-state index contributed by atoms with van der Waals surface area (Å²) in [6.07, 6.45) is -3.10. The Morgan fingerprint density at radius 3 is 2.59 bits per heavy atom. The zero-order chi connectivity index (χ0) is 20.9. The molecule has 1 heterocycles. The molecule has 3 aromatic rings. The van der Waals surface area contributed by atoms with Gasteiger partial charge in [-0.2, -0.15) is 18.3 Å². The number of furan rings is 1. The van der Waals surface area contributed by atoms with Gasteiger partial charge >= 0.3 is 6.18 Å². The first-order chi connectivity index (χ1) is 13.8. The van der Waals surface area contributed by atoms with E-state index in [1.165, 1.54) is 18.3 Å². The molecule has 3 rings (SSSR count). The molecule has 29 heavy (non-hydrogen) atoms. The monoisotopic (exact) mass is 465 g/mol. The Morgan fingerprint density at radius 2 is 1.86 bits per heavy atom. The maximum absolute atomic E-state index is 12.7. The van der Waals surface area contributed by atoms with Crippen molar-refractivity contribution in [3.05, 3.63) is 76.5 Å². The van der Waals surface area contributed by atoms with Crippen LogP contribution in [0.25, 0.3) is 11.3 Å². The van der Waals surface area contributed by atoms with Crippen LogP contribution in [0, 0.1) is 0 Å². The van der Waals surface area contributed by atoms with E-state index in [0.717, 1.165) is 22.2 Å². The topological polar surface area (TPSA) is 66.6 Å². The molecule has 1 aromatic heterocycles. The quantitative estimate of drug-likeness (QED) is 0.383. The van der Waals surface area contributed by atoms with Gasteiger partial charge in [-0.05, 0) is 42.5 Å². The lowest BCUT2D eigenvalue weighted by atomic mass is 10.2. The van der Waals surface area contributed by atoms with Crippen LogP contribution in [0.1, 0.15) is 11.3 Å². The molecule has 1 amide bonds. The van der Waals surface area contributed by atoms with Gasteiger partial charge in [-0.25, -0.2) is 5.43 Å². The minimum absolute atomic E-state index is 0.184. The molecule has 2 aromatic carbocycles. The van der Waals surface area contributed by atoms with Gasteiger partial charge in [0, 0.05) is 15.7 Å². The van der Waals surface area contributed by atoms with E-state index in [1.54, 1.807) is 12.1 Å². The lowest BCUT2D eigenvalue weighted by Crippen LogP contribution is -2.26. The zero-order valence-corrected chi connectivity index (χ0v) is 16.4. The van der Waals surface area contributed by atoms with Crippen molar-refractivity contribution in [2.24, 2.45) is 5.10 Å². The molecule has 0 fully saturated rings. The van der Waals surface area contributed by atoms with Crippen molar-refractivity contribution < 1.29 is 22.4 Å². The van der Waals surface area contributed by atoms with Crippen LogP contribution in [0.3, 0.4) is 0 Å². The molecule has 0 spiro atoms. The van der Waals surface area contributed by atoms with Gasteiger partial charge in [0.05, 0.1) is 18.3 Å². The average molecular weight is 466 g/mol. The summed E-state index contributed by atoms with van der Waals surface area (Å²) in [5.74, 6) is 0.573. The van der Waals surface area contributed by atoms with Gasteiger partial charge in [0.2, 0.25) is 0 Å². The Labute approximate surface area is 172 Å². The van der Waals surface area contributed by atoms with Crippen LogP contribution in [-0.4, -0.2) is 18.7 Å². The van der Waals surface area contributed by atoms with Gasteiger partial charge < -0.3 is 9.73 Å². The highest BCUT2D eigenvalue weighted by molar-refractivity contribution is 9.10. The molecular weight excluding hydrogens is 451 g/mol. The van der Waals surface area contributed by atoms with Gasteiger partial charge in [-0.3, -0.25) is 4.79 Å². The summed E-state index contributed by atoms with van der Waals surface area (Å²) >= 11 is 3.36. The minimum atomic E-state index is -4.44. The largest absolute Gasteiger partial charge is 0.455 e. The summed E-state index contributed by atoms with van der Waals surface area (Å²) in [6.45, 7) is -0.235. The van der Waals surface area contributed by atoms with Gasteiger partial charge in [0.1, 0.15) is 11.5 Å². The number of hydrazone groups is 1. The number of nitrogens with one attached hydrogen (secondary N) is 2. The van der Waals surface area contributed by atoms with Crippen molar-refractivity contribution in [2.75, 3.05) is 11.9 Å². The van der Waals surface area contributed by atoms with Gasteiger partial charge in [-0.15, -0.1) is 0 Å². The second kappa shape index (κ2) is 8.95. The first-order valence-electron chi connectivity index (χ1n) is 8.40. The fraction of sp³-hybridized carbons (Fsp3) is 0.100. The maximum atomic E-state index is 12.7. The van der Waals surface area contributed by atoms with E-state index in [2.05, 4.69) is 31.8 Å². The Bertz CT molecular complexity index is 1010. The number of amides is 1. The minimum Gasteiger partial charge on any atom is -0.455 e. The predicted molar refractivity (Wildman–Crippen MR) is 108 cm³/mol. The highest BCUT2D eigenvalue weighted by Crippen LogP contribution is 2.30. The van der Waals surface area contributed by atoms with E-state index < -0.39 is 17.6 Å². The first-order valence-corrected chi connectivity index (χ1v) is 9.19. The first kappa shape index (κ1) is 20.7. The Kier molecular flexibility index (Phi) is 6.38. The van der Waals surface area contributed by atoms with Crippen LogP contribution in [-0.2, 0) is 11.0 Å². The zero-order valence-electron chi connectivity index (χ0n) is 14.8. The lowest BCUT2D eigenvalue weighted by Gasteiger charge is -2.09. The summed E-state index contributed by atoms with van der Waals surface area (Å²) in [7, 11) is 0. The van der Waals surface area contributed by atoms with E-state index in [4.69, 9.17) is 4.42 Å². The van der Waals surface area contributed by atoms with Crippen LogP contribution in [0.15, 0.2) is 74.7 Å². The summed E-state index contributed by atoms with van der Waals surface area (Å²) in [5.41, 5.74) is 2.57. The van der Waals surface area contributed by atoms with Gasteiger partial charge in [0.15, 0.2) is 0 Å². The number of benzene rings is 2. The molecule has 2 N–H and O–H groups in total. The molecular formula is C20H15BrF3N3O2. The SMILES string of the molecule is O=C(CNc1cccc(C(F)(F)F)c1)N/N=C\c1ccc(-c2ccc(Br)cc2)o1. The molecule has 5 nitrogen and oxygen atoms in total. The molecule has 0 aliphatic rings. The summed E-state index contributed by atoms with van der Waals surface area (Å²) < 4.78 is 44.6. The molecule has 0 bridgehead atoms. The third kappa shape index (κ3) is 5.95. The van der Waals surface area contributed by atoms with Crippen molar-refractivity contribution >= 4 is 33.7 Å². The van der Waals surface area contributed by atoms with E-state index in [-0.39, 0.29) is 12.2 Å². The number of nitrogens with zero attached hydrogens (tertiary/aromatic N) is 1. The molecule has 0 aliphatic carbocycles. The third-order valence-corrected chi connectivity index (χ3v) is 4.31. The molecule has 0 saturated heterocycles. The van der Waals surface area contributed by atoms with Gasteiger partial charge in [-0.1, -0.05) is 34.1 Å². The van der Waals surface area contributed by atoms with Crippen LogP contribution in [0.5, 0.6) is 0 Å². The van der Waals surface area contributed by atoms with Crippen molar-refractivity contribution in [2.45, 2.75) is 6.18 Å². The standard InChI is InChI=1S/C20H15BrF3N3O2/c21-15-6-4-13(5-7-15)18-9-8-17(29-18)11-26-27-19(28)12-25-16-3-1-2-14(10-16)20(22,23)24/h1-11,25H,12H2,(H,27,28)/b26-11-. The van der Waals surface area contributed by atoms with Crippen molar-refractivity contribution in [1.82, 2.24) is 5.43 Å². The normalized spacial score (nSPS) is 11.6. The molecule has 0 unspecified atom stereocenters. The van der Waals surface area contributed by atoms with E-state index in [1.807, 2.05) is 24.3 Å². The smallest absolute Gasteiger partial charge is 0.416 e. The predicted octanol–water partition coefficient (Wildman–Crippen LogP) is 5.29. The summed E-state index contributed by atoms with van der Waals surface area (Å²) in [4.78, 5) is 11.8. The molecule has 0 atom stereocenters. The fourth-order valence-electron chi connectivity index (χ4n) is 2.39. The molecule has 0 saturated carbocycles. The van der Waals surface area contributed by atoms with Crippen LogP contribution < -0.4 is 10.7 Å². The number of alkyl halides is 3. The highest BCUT2D eigenvalue weighted by atomic mass is 79.9. The molecule has 0 radical (unpaired) electrons. The fourth-order valence-corrected chi connectivity index (χ4v) is 2.65. The number of carbonyl (C=O) groups excluding carboxylic acids is 1. The highest BCUT2D eigenvalue weighted by Gasteiger charge is 2.30. The number of rotatable bonds is 6. The van der Waals surface area contributed by atoms with Crippen molar-refractivity contribution in [3.8, 4) is 11.3 Å². The number of carbonyl (C=O) groups is 1. The van der Waals surface area contributed by atoms with Crippen molar-refractivity contribution in [3.63, 3.8) is 0 Å². The Hall–Kier alpha value is -3.07. The van der Waals surface area contributed by atoms with Crippen LogP contribution in [0.4, 0.5) is 18.9 Å². The average Bonchev–Trinajstić information content (AvgIpc) is 3.15. The van der Waals surface area contributed by atoms with Crippen molar-refractivity contribution in [1.29, 1.82) is 0 Å². The van der Waals surface area contributed by atoms with Crippen LogP contribution >= 0.6 is 15.9 Å². The number of halogens is 4. The van der Waals surface area contributed by atoms with E-state index >= 15 is 0 Å². The number of hydrogen-bond donors (Lipinski definition) is 2. The summed E-state index contributed by atoms with van der Waals surface area (Å²) in [6, 6.07) is 15.7. The Morgan fingerprint density at radius 1 is 1.10 bits per heavy atom. The third-order valence-electron chi connectivity index (χ3n) is 3.78. The molecule has 150 valence electrons. The van der Waals surface area contributed by atoms with E-state index in [0.29, 0.717) is 11.5 Å². The summed E-state index contributed by atoms with van der Waals surface area (Å²) in [5, 5.41) is 6.41. The molecule has 9 heteroatoms. The Balaban J connectivity index is 1.51. The van der Waals surface area contributed by atoms with Gasteiger partial charge in [0.25, 0.3) is 5.91 Å². The second-order valence-electron chi connectivity index (χ2n) is 5.93. The molecule has 0 aliphatic heterocycles. The maximum Gasteiger partial charge on any atom is 0.416 e. The number of anilines is 1. The second-order valence-corrected chi connectivity index (χ2v) is 6.85. The van der Waals surface area contributed by atoms with Crippen LogP contribution in [0.2, 0.25) is 0 Å². The lowest BCUT2D eigenvalue weighted by molar-refractivity contribution is -0.137.